The number of nitrogens with zero attached hydrogens (tertiary/aromatic N) is 7. The number of rotatable bonds is 11. The Morgan fingerprint density at radius 2 is 1.72 bits per heavy atom. The molecule has 47 heavy (non-hydrogen) atoms. The molecule has 3 aromatic rings. The molecule has 16 heteroatoms. The van der Waals surface area contributed by atoms with Gasteiger partial charge in [0.1, 0.15) is 0 Å². The first-order valence-corrected chi connectivity index (χ1v) is 15.9. The molecule has 3 heterocycles. The van der Waals surface area contributed by atoms with Crippen LogP contribution in [0.2, 0.25) is 0 Å². The Hall–Kier alpha value is -4.16. The number of carbonyl (C=O) groups excluding carboxylic acids is 2. The summed E-state index contributed by atoms with van der Waals surface area (Å²) in [4.78, 5) is 35.7. The smallest absolute Gasteiger partial charge is 0.349 e. The van der Waals surface area contributed by atoms with Crippen molar-refractivity contribution >= 4 is 17.5 Å². The van der Waals surface area contributed by atoms with E-state index in [-0.39, 0.29) is 54.2 Å². The van der Waals surface area contributed by atoms with Crippen molar-refractivity contribution < 1.29 is 31.5 Å². The number of hydrogen-bond acceptors (Lipinski definition) is 6. The van der Waals surface area contributed by atoms with E-state index >= 15 is 0 Å². The molecule has 250 valence electrons. The molecule has 2 N–H and O–H groups in total. The molecular formula is C31H34F5N9O2. The zero-order chi connectivity index (χ0) is 33.2. The average molecular weight is 660 g/mol. The Labute approximate surface area is 266 Å². The molecule has 5 aliphatic rings. The van der Waals surface area contributed by atoms with Crippen molar-refractivity contribution in [2.24, 2.45) is 17.3 Å². The predicted octanol–water partition coefficient (Wildman–Crippen LogP) is 5.37. The van der Waals surface area contributed by atoms with E-state index in [9.17, 15) is 31.5 Å². The second-order valence-corrected chi connectivity index (χ2v) is 14.0. The van der Waals surface area contributed by atoms with Gasteiger partial charge in [-0.15, -0.1) is 5.10 Å². The van der Waals surface area contributed by atoms with Crippen molar-refractivity contribution in [3.63, 3.8) is 0 Å². The van der Waals surface area contributed by atoms with Crippen molar-refractivity contribution in [3.8, 4) is 0 Å². The zero-order valence-corrected chi connectivity index (χ0v) is 25.4. The molecule has 3 aromatic heterocycles. The third kappa shape index (κ3) is 6.53. The molecule has 2 amide bonds. The quantitative estimate of drug-likeness (QED) is 0.211. The van der Waals surface area contributed by atoms with Gasteiger partial charge in [-0.3, -0.25) is 9.59 Å². The highest BCUT2D eigenvalue weighted by Crippen LogP contribution is 2.70. The van der Waals surface area contributed by atoms with E-state index in [0.29, 0.717) is 23.4 Å². The van der Waals surface area contributed by atoms with Gasteiger partial charge in [0.25, 0.3) is 5.91 Å². The first kappa shape index (κ1) is 31.4. The second-order valence-electron chi connectivity index (χ2n) is 14.0. The Morgan fingerprint density at radius 3 is 2.38 bits per heavy atom. The number of fused-ring (bicyclic) bond motifs is 1. The van der Waals surface area contributed by atoms with E-state index in [0.717, 1.165) is 32.1 Å². The Morgan fingerprint density at radius 1 is 1.02 bits per heavy atom. The van der Waals surface area contributed by atoms with Crippen molar-refractivity contribution in [1.82, 2.24) is 40.2 Å². The van der Waals surface area contributed by atoms with Gasteiger partial charge in [-0.1, -0.05) is 0 Å². The molecule has 5 aliphatic carbocycles. The lowest BCUT2D eigenvalue weighted by Gasteiger charge is -2.61. The number of amides is 2. The highest BCUT2D eigenvalue weighted by Gasteiger charge is 2.74. The molecule has 0 spiro atoms. The molecule has 5 fully saturated rings. The molecule has 0 radical (unpaired) electrons. The minimum Gasteiger partial charge on any atom is -0.349 e. The highest BCUT2D eigenvalue weighted by molar-refractivity contribution is 5.92. The first-order valence-electron chi connectivity index (χ1n) is 15.9. The third-order valence-electron chi connectivity index (χ3n) is 10.2. The Bertz CT molecular complexity index is 1710. The lowest BCUT2D eigenvalue weighted by atomic mass is 9.40. The van der Waals surface area contributed by atoms with Crippen molar-refractivity contribution in [2.45, 2.75) is 107 Å². The number of nitrogens with one attached hydrogen (secondary N) is 2. The van der Waals surface area contributed by atoms with Gasteiger partial charge in [-0.2, -0.15) is 28.2 Å². The maximum absolute atomic E-state index is 14.1. The van der Waals surface area contributed by atoms with Gasteiger partial charge in [0, 0.05) is 43.9 Å². The summed E-state index contributed by atoms with van der Waals surface area (Å²) >= 11 is 0. The minimum absolute atomic E-state index is 0.0000410. The summed E-state index contributed by atoms with van der Waals surface area (Å²) in [5.41, 5.74) is 1.25. The van der Waals surface area contributed by atoms with E-state index < -0.39 is 48.8 Å². The summed E-state index contributed by atoms with van der Waals surface area (Å²) in [6.07, 6.45) is 1.92. The van der Waals surface area contributed by atoms with Crippen LogP contribution in [0.3, 0.4) is 0 Å². The maximum atomic E-state index is 14.1. The van der Waals surface area contributed by atoms with E-state index in [2.05, 4.69) is 30.8 Å². The number of alkyl halides is 5. The van der Waals surface area contributed by atoms with E-state index in [1.54, 1.807) is 12.3 Å². The topological polar surface area (TPSA) is 123 Å². The normalized spacial score (nSPS) is 26.5. The zero-order valence-electron chi connectivity index (χ0n) is 25.4. The van der Waals surface area contributed by atoms with Gasteiger partial charge >= 0.3 is 6.18 Å². The average Bonchev–Trinajstić information content (AvgIpc) is 3.55. The summed E-state index contributed by atoms with van der Waals surface area (Å²) in [6, 6.07) is 0.446. The summed E-state index contributed by atoms with van der Waals surface area (Å²) in [5, 5.41) is 18.8. The fourth-order valence-electron chi connectivity index (χ4n) is 7.68. The van der Waals surface area contributed by atoms with Gasteiger partial charge in [0.05, 0.1) is 49.3 Å². The van der Waals surface area contributed by atoms with Crippen LogP contribution < -0.4 is 10.6 Å². The van der Waals surface area contributed by atoms with Crippen LogP contribution in [0, 0.1) is 23.8 Å². The highest BCUT2D eigenvalue weighted by atomic mass is 19.4. The van der Waals surface area contributed by atoms with E-state index in [1.807, 2.05) is 0 Å². The van der Waals surface area contributed by atoms with Crippen LogP contribution in [-0.4, -0.2) is 59.0 Å². The molecule has 0 unspecified atom stereocenters. The molecule has 0 saturated heterocycles. The third-order valence-corrected chi connectivity index (χ3v) is 10.2. The van der Waals surface area contributed by atoms with Crippen LogP contribution in [-0.2, 0) is 11.3 Å². The number of carbonyl (C=O) groups is 2. The fourth-order valence-corrected chi connectivity index (χ4v) is 7.68. The molecule has 5 saturated carbocycles. The molecular weight excluding hydrogens is 625 g/mol. The summed E-state index contributed by atoms with van der Waals surface area (Å²) in [7, 11) is 0. The number of halogens is 5. The predicted molar refractivity (Wildman–Crippen MR) is 155 cm³/mol. The molecule has 0 aliphatic heterocycles. The Kier molecular flexibility index (Phi) is 7.51. The standard InChI is InChI=1S/C31H34F5N9O2/c1-37-29-14-28(15-29,16-29)17-45-39-12-21(43-45)27(47)42-26(19-4-7-30(32,33)8-5-19)22-13-44-23(40-22)10-20(11-38-44)25(18-2-3-18)41-24(46)6-9-31(34,35)36/h10-13,18-19,25-26H,2-9,14-17H2,(H,41,46)(H,42,47)/t25-,26+,28?,29?/m1/s1. The van der Waals surface area contributed by atoms with Crippen molar-refractivity contribution in [3.05, 3.63) is 53.0 Å². The van der Waals surface area contributed by atoms with Crippen LogP contribution in [0.4, 0.5) is 22.0 Å². The SMILES string of the molecule is [C-]#[N+]C12CC(Cn3ncc(C(=O)N[C@H](c4cn5ncc([C@H](NC(=O)CCC(F)(F)F)C6CC6)cc5n4)C4CCC(F)(F)CC4)n3)(C1)C2. The summed E-state index contributed by atoms with van der Waals surface area (Å²) in [5.74, 6) is -4.27. The van der Waals surface area contributed by atoms with Crippen LogP contribution >= 0.6 is 0 Å². The largest absolute Gasteiger partial charge is 0.389 e. The second kappa shape index (κ2) is 11.2. The lowest BCUT2D eigenvalue weighted by molar-refractivity contribution is -0.144. The number of hydrogen-bond donors (Lipinski definition) is 2. The minimum atomic E-state index is -4.44. The van der Waals surface area contributed by atoms with Crippen LogP contribution in [0.1, 0.15) is 104 Å². The van der Waals surface area contributed by atoms with Crippen LogP contribution in [0.15, 0.2) is 24.7 Å². The van der Waals surface area contributed by atoms with Gasteiger partial charge in [0.2, 0.25) is 17.4 Å². The van der Waals surface area contributed by atoms with Crippen molar-refractivity contribution in [2.75, 3.05) is 0 Å². The summed E-state index contributed by atoms with van der Waals surface area (Å²) < 4.78 is 67.7. The molecule has 0 aromatic carbocycles. The number of imidazole rings is 1. The molecule has 11 nitrogen and oxygen atoms in total. The monoisotopic (exact) mass is 659 g/mol. The molecule has 2 bridgehead atoms. The van der Waals surface area contributed by atoms with Crippen molar-refractivity contribution in [1.29, 1.82) is 0 Å². The Balaban J connectivity index is 1.09. The van der Waals surface area contributed by atoms with Gasteiger partial charge in [-0.05, 0) is 49.1 Å². The summed E-state index contributed by atoms with van der Waals surface area (Å²) in [6.45, 7) is 7.86. The fraction of sp³-hybridized carbons (Fsp3) is 0.645. The van der Waals surface area contributed by atoms with Gasteiger partial charge in [0.15, 0.2) is 11.3 Å². The van der Waals surface area contributed by atoms with Crippen LogP contribution in [0.5, 0.6) is 0 Å². The van der Waals surface area contributed by atoms with E-state index in [4.69, 9.17) is 11.6 Å². The van der Waals surface area contributed by atoms with E-state index in [1.165, 1.54) is 21.7 Å². The van der Waals surface area contributed by atoms with Gasteiger partial charge in [-0.25, -0.2) is 24.9 Å². The lowest BCUT2D eigenvalue weighted by Crippen LogP contribution is -2.66. The maximum Gasteiger partial charge on any atom is 0.389 e. The van der Waals surface area contributed by atoms with Crippen LogP contribution in [0.25, 0.3) is 10.5 Å². The first-order chi connectivity index (χ1) is 22.2. The molecule has 2 atom stereocenters. The van der Waals surface area contributed by atoms with Gasteiger partial charge < -0.3 is 15.5 Å². The number of aromatic nitrogens is 6. The molecule has 8 rings (SSSR count).